The van der Waals surface area contributed by atoms with Crippen LogP contribution in [0.4, 0.5) is 11.6 Å². The molecule has 4 heteroatoms. The summed E-state index contributed by atoms with van der Waals surface area (Å²) in [4.78, 5) is 18.2. The quantitative estimate of drug-likeness (QED) is 0.831. The predicted molar refractivity (Wildman–Crippen MR) is 68.8 cm³/mol. The van der Waals surface area contributed by atoms with E-state index in [9.17, 15) is 4.79 Å². The Bertz CT molecular complexity index is 582. The zero-order chi connectivity index (χ0) is 12.4. The maximum Gasteiger partial charge on any atom is 0.252 e. The minimum atomic E-state index is -0.149. The van der Waals surface area contributed by atoms with Gasteiger partial charge in [-0.2, -0.15) is 0 Å². The molecule has 1 aromatic carbocycles. The number of aromatic amines is 1. The van der Waals surface area contributed by atoms with Crippen LogP contribution in [0.3, 0.4) is 0 Å². The summed E-state index contributed by atoms with van der Waals surface area (Å²) in [6.45, 7) is 5.86. The summed E-state index contributed by atoms with van der Waals surface area (Å²) in [5.41, 5.74) is 3.81. The third kappa shape index (κ3) is 2.93. The summed E-state index contributed by atoms with van der Waals surface area (Å²) in [5, 5.41) is 3.10. The molecule has 0 aliphatic carbocycles. The van der Waals surface area contributed by atoms with Crippen LogP contribution in [0.5, 0.6) is 0 Å². The average Bonchev–Trinajstić information content (AvgIpc) is 2.13. The Kier molecular flexibility index (Phi) is 2.95. The minimum absolute atomic E-state index is 0.149. The molecular formula is C13H15N3O. The van der Waals surface area contributed by atoms with Crippen molar-refractivity contribution < 1.29 is 0 Å². The monoisotopic (exact) mass is 229 g/mol. The van der Waals surface area contributed by atoms with Gasteiger partial charge in [0.15, 0.2) is 0 Å². The second-order valence-corrected chi connectivity index (χ2v) is 4.24. The molecule has 2 N–H and O–H groups in total. The Morgan fingerprint density at radius 2 is 1.71 bits per heavy atom. The van der Waals surface area contributed by atoms with Crippen LogP contribution in [0.25, 0.3) is 0 Å². The number of nitrogens with zero attached hydrogens (tertiary/aromatic N) is 1. The van der Waals surface area contributed by atoms with E-state index in [4.69, 9.17) is 0 Å². The van der Waals surface area contributed by atoms with Crippen LogP contribution < -0.4 is 10.9 Å². The van der Waals surface area contributed by atoms with Gasteiger partial charge in [0, 0.05) is 17.4 Å². The molecule has 1 heterocycles. The molecule has 0 spiro atoms. The first-order chi connectivity index (χ1) is 8.02. The van der Waals surface area contributed by atoms with Crippen molar-refractivity contribution in [3.63, 3.8) is 0 Å². The van der Waals surface area contributed by atoms with Crippen LogP contribution in [0.2, 0.25) is 0 Å². The molecule has 0 saturated heterocycles. The Morgan fingerprint density at radius 1 is 1.06 bits per heavy atom. The van der Waals surface area contributed by atoms with Gasteiger partial charge in [-0.1, -0.05) is 6.07 Å². The number of benzene rings is 1. The van der Waals surface area contributed by atoms with Crippen molar-refractivity contribution in [2.75, 3.05) is 5.32 Å². The van der Waals surface area contributed by atoms with E-state index in [1.807, 2.05) is 26.0 Å². The Labute approximate surface area is 99.7 Å². The highest BCUT2D eigenvalue weighted by Gasteiger charge is 2.00. The van der Waals surface area contributed by atoms with E-state index in [1.165, 1.54) is 17.2 Å². The molecule has 4 nitrogen and oxygen atoms in total. The van der Waals surface area contributed by atoms with E-state index >= 15 is 0 Å². The number of H-pyrrole nitrogens is 1. The van der Waals surface area contributed by atoms with Crippen molar-refractivity contribution >= 4 is 11.6 Å². The number of anilines is 2. The van der Waals surface area contributed by atoms with E-state index in [0.717, 1.165) is 5.69 Å². The molecule has 0 bridgehead atoms. The summed E-state index contributed by atoms with van der Waals surface area (Å²) < 4.78 is 0. The van der Waals surface area contributed by atoms with E-state index in [2.05, 4.69) is 21.4 Å². The third-order valence-electron chi connectivity index (χ3n) is 2.35. The lowest BCUT2D eigenvalue weighted by molar-refractivity contribution is 1.07. The van der Waals surface area contributed by atoms with E-state index in [-0.39, 0.29) is 5.56 Å². The number of aryl methyl sites for hydroxylation is 3. The molecule has 2 aromatic rings. The van der Waals surface area contributed by atoms with Crippen molar-refractivity contribution in [1.29, 1.82) is 0 Å². The Morgan fingerprint density at radius 3 is 2.29 bits per heavy atom. The summed E-state index contributed by atoms with van der Waals surface area (Å²) in [5.74, 6) is 0.472. The smallest absolute Gasteiger partial charge is 0.252 e. The first-order valence-electron chi connectivity index (χ1n) is 5.46. The van der Waals surface area contributed by atoms with E-state index in [0.29, 0.717) is 11.6 Å². The molecule has 0 saturated carbocycles. The van der Waals surface area contributed by atoms with Gasteiger partial charge in [-0.3, -0.25) is 9.78 Å². The molecule has 0 amide bonds. The highest BCUT2D eigenvalue weighted by Crippen LogP contribution is 2.16. The lowest BCUT2D eigenvalue weighted by Gasteiger charge is -2.07. The van der Waals surface area contributed by atoms with Gasteiger partial charge in [-0.05, 0) is 44.0 Å². The number of rotatable bonds is 2. The van der Waals surface area contributed by atoms with Gasteiger partial charge < -0.3 is 5.32 Å². The van der Waals surface area contributed by atoms with Crippen LogP contribution in [0.1, 0.15) is 16.8 Å². The van der Waals surface area contributed by atoms with Gasteiger partial charge >= 0.3 is 0 Å². The zero-order valence-electron chi connectivity index (χ0n) is 10.2. The van der Waals surface area contributed by atoms with Crippen LogP contribution in [0.15, 0.2) is 29.1 Å². The zero-order valence-corrected chi connectivity index (χ0v) is 10.2. The average molecular weight is 229 g/mol. The van der Waals surface area contributed by atoms with Crippen LogP contribution in [-0.2, 0) is 0 Å². The highest BCUT2D eigenvalue weighted by atomic mass is 16.1. The van der Waals surface area contributed by atoms with Crippen molar-refractivity contribution in [3.05, 3.63) is 51.4 Å². The SMILES string of the molecule is Cc1cc(C)cc(Nc2nc(C)cc(=O)[nH]2)c1. The molecule has 1 aromatic heterocycles. The molecule has 17 heavy (non-hydrogen) atoms. The van der Waals surface area contributed by atoms with E-state index in [1.54, 1.807) is 6.92 Å². The molecule has 0 atom stereocenters. The molecule has 0 fully saturated rings. The van der Waals surface area contributed by atoms with Crippen LogP contribution in [0, 0.1) is 20.8 Å². The second kappa shape index (κ2) is 4.41. The fourth-order valence-corrected chi connectivity index (χ4v) is 1.82. The number of aromatic nitrogens is 2. The lowest BCUT2D eigenvalue weighted by Crippen LogP contribution is -2.10. The van der Waals surface area contributed by atoms with Crippen molar-refractivity contribution in [2.45, 2.75) is 20.8 Å². The normalized spacial score (nSPS) is 10.3. The van der Waals surface area contributed by atoms with Crippen molar-refractivity contribution in [2.24, 2.45) is 0 Å². The fraction of sp³-hybridized carbons (Fsp3) is 0.231. The first kappa shape index (κ1) is 11.4. The Balaban J connectivity index is 2.34. The minimum Gasteiger partial charge on any atom is -0.326 e. The standard InChI is InChI=1S/C13H15N3O/c1-8-4-9(2)6-11(5-8)15-13-14-10(3)7-12(17)16-13/h4-7H,1-3H3,(H2,14,15,16,17). The fourth-order valence-electron chi connectivity index (χ4n) is 1.82. The summed E-state index contributed by atoms with van der Waals surface area (Å²) >= 11 is 0. The number of nitrogens with one attached hydrogen (secondary N) is 2. The van der Waals surface area contributed by atoms with E-state index < -0.39 is 0 Å². The van der Waals surface area contributed by atoms with Gasteiger partial charge in [-0.15, -0.1) is 0 Å². The van der Waals surface area contributed by atoms with Gasteiger partial charge in [0.25, 0.3) is 5.56 Å². The molecule has 88 valence electrons. The third-order valence-corrected chi connectivity index (χ3v) is 2.35. The van der Waals surface area contributed by atoms with Gasteiger partial charge in [0.1, 0.15) is 0 Å². The largest absolute Gasteiger partial charge is 0.326 e. The molecule has 0 aliphatic heterocycles. The maximum absolute atomic E-state index is 11.3. The molecule has 0 unspecified atom stereocenters. The maximum atomic E-state index is 11.3. The molecular weight excluding hydrogens is 214 g/mol. The second-order valence-electron chi connectivity index (χ2n) is 4.24. The summed E-state index contributed by atoms with van der Waals surface area (Å²) in [6.07, 6.45) is 0. The van der Waals surface area contributed by atoms with Crippen molar-refractivity contribution in [3.8, 4) is 0 Å². The Hall–Kier alpha value is -2.10. The lowest BCUT2D eigenvalue weighted by atomic mass is 10.1. The highest BCUT2D eigenvalue weighted by molar-refractivity contribution is 5.55. The van der Waals surface area contributed by atoms with Gasteiger partial charge in [0.05, 0.1) is 0 Å². The molecule has 0 radical (unpaired) electrons. The molecule has 0 aliphatic rings. The van der Waals surface area contributed by atoms with Crippen LogP contribution in [-0.4, -0.2) is 9.97 Å². The van der Waals surface area contributed by atoms with Gasteiger partial charge in [-0.25, -0.2) is 4.98 Å². The van der Waals surface area contributed by atoms with Crippen molar-refractivity contribution in [1.82, 2.24) is 9.97 Å². The first-order valence-corrected chi connectivity index (χ1v) is 5.46. The van der Waals surface area contributed by atoms with Gasteiger partial charge in [0.2, 0.25) is 5.95 Å². The summed E-state index contributed by atoms with van der Waals surface area (Å²) in [7, 11) is 0. The summed E-state index contributed by atoms with van der Waals surface area (Å²) in [6, 6.07) is 7.58. The molecule has 2 rings (SSSR count). The number of hydrogen-bond acceptors (Lipinski definition) is 3. The van der Waals surface area contributed by atoms with Crippen LogP contribution >= 0.6 is 0 Å². The predicted octanol–water partition coefficient (Wildman–Crippen LogP) is 2.44. The topological polar surface area (TPSA) is 57.8 Å². The number of hydrogen-bond donors (Lipinski definition) is 2.